The number of benzene rings is 2. The van der Waals surface area contributed by atoms with Crippen LogP contribution in [0.3, 0.4) is 0 Å². The average molecular weight is 486 g/mol. The third-order valence-electron chi connectivity index (χ3n) is 5.37. The number of hydrogen-bond acceptors (Lipinski definition) is 2. The van der Waals surface area contributed by atoms with Crippen molar-refractivity contribution in [1.29, 1.82) is 0 Å². The SMILES string of the molecule is Brc1cc2c(s1)-c1sc(Br)cc1C21c2ccccc2-c2ccccc21. The lowest BCUT2D eigenvalue weighted by atomic mass is 9.72. The van der Waals surface area contributed by atoms with Crippen LogP contribution in [0.25, 0.3) is 20.9 Å². The highest BCUT2D eigenvalue weighted by Crippen LogP contribution is 2.66. The van der Waals surface area contributed by atoms with Gasteiger partial charge >= 0.3 is 0 Å². The molecule has 0 bridgehead atoms. The third-order valence-corrected chi connectivity index (χ3v) is 8.81. The predicted molar refractivity (Wildman–Crippen MR) is 114 cm³/mol. The molecule has 0 fully saturated rings. The summed E-state index contributed by atoms with van der Waals surface area (Å²) >= 11 is 11.2. The lowest BCUT2D eigenvalue weighted by Crippen LogP contribution is -2.25. The van der Waals surface area contributed by atoms with Gasteiger partial charge in [0.15, 0.2) is 0 Å². The summed E-state index contributed by atoms with van der Waals surface area (Å²) in [7, 11) is 0. The van der Waals surface area contributed by atoms with E-state index < -0.39 is 0 Å². The standard InChI is InChI=1S/C21H10Br2S2/c22-17-9-15-19(24-17)20-16(10-18(23)25-20)21(15)13-7-3-1-5-11(13)12-6-2-4-8-14(12)21/h1-10H. The van der Waals surface area contributed by atoms with Crippen molar-refractivity contribution in [3.8, 4) is 20.9 Å². The summed E-state index contributed by atoms with van der Waals surface area (Å²) in [6.45, 7) is 0. The Kier molecular flexibility index (Phi) is 2.95. The maximum absolute atomic E-state index is 3.74. The van der Waals surface area contributed by atoms with Gasteiger partial charge in [0.25, 0.3) is 0 Å². The highest BCUT2D eigenvalue weighted by Gasteiger charge is 2.53. The smallest absolute Gasteiger partial charge is 0.0743 e. The van der Waals surface area contributed by atoms with E-state index in [1.807, 2.05) is 22.7 Å². The Balaban J connectivity index is 1.87. The Bertz CT molecular complexity index is 1090. The van der Waals surface area contributed by atoms with E-state index in [0.29, 0.717) is 0 Å². The van der Waals surface area contributed by atoms with Crippen LogP contribution in [-0.2, 0) is 5.41 Å². The van der Waals surface area contributed by atoms with Crippen molar-refractivity contribution >= 4 is 54.5 Å². The van der Waals surface area contributed by atoms with Crippen molar-refractivity contribution in [2.45, 2.75) is 5.41 Å². The molecule has 120 valence electrons. The lowest BCUT2D eigenvalue weighted by Gasteiger charge is -2.28. The second-order valence-electron chi connectivity index (χ2n) is 6.43. The molecule has 0 saturated carbocycles. The summed E-state index contributed by atoms with van der Waals surface area (Å²) in [5.41, 5.74) is 8.22. The second-order valence-corrected chi connectivity index (χ2v) is 11.3. The number of halogens is 2. The highest BCUT2D eigenvalue weighted by molar-refractivity contribution is 9.11. The van der Waals surface area contributed by atoms with E-state index in [0.717, 1.165) is 0 Å². The molecule has 2 aliphatic rings. The maximum Gasteiger partial charge on any atom is 0.0743 e. The second kappa shape index (κ2) is 4.95. The van der Waals surface area contributed by atoms with E-state index in [2.05, 4.69) is 92.5 Å². The monoisotopic (exact) mass is 484 g/mol. The molecule has 0 amide bonds. The van der Waals surface area contributed by atoms with Crippen LogP contribution >= 0.6 is 54.5 Å². The number of fused-ring (bicyclic) bond motifs is 10. The Morgan fingerprint density at radius 1 is 0.600 bits per heavy atom. The number of rotatable bonds is 0. The quantitative estimate of drug-likeness (QED) is 0.207. The molecule has 0 saturated heterocycles. The fourth-order valence-corrected chi connectivity index (χ4v) is 8.05. The Labute approximate surface area is 170 Å². The Hall–Kier alpha value is -1.20. The van der Waals surface area contributed by atoms with Crippen LogP contribution in [-0.4, -0.2) is 0 Å². The van der Waals surface area contributed by atoms with Crippen LogP contribution in [0.15, 0.2) is 68.2 Å². The van der Waals surface area contributed by atoms with Crippen molar-refractivity contribution in [3.63, 3.8) is 0 Å². The summed E-state index contributed by atoms with van der Waals surface area (Å²) in [5, 5.41) is 0. The molecular weight excluding hydrogens is 476 g/mol. The molecule has 0 N–H and O–H groups in total. The molecule has 0 unspecified atom stereocenters. The molecule has 0 nitrogen and oxygen atoms in total. The third kappa shape index (κ3) is 1.67. The van der Waals surface area contributed by atoms with E-state index in [1.54, 1.807) is 0 Å². The van der Waals surface area contributed by atoms with Gasteiger partial charge in [-0.2, -0.15) is 0 Å². The van der Waals surface area contributed by atoms with Crippen LogP contribution in [0.1, 0.15) is 22.3 Å². The number of hydrogen-bond donors (Lipinski definition) is 0. The first-order valence-corrected chi connectivity index (χ1v) is 11.2. The molecule has 4 aromatic rings. The molecule has 2 aromatic heterocycles. The van der Waals surface area contributed by atoms with E-state index in [1.165, 1.54) is 50.7 Å². The van der Waals surface area contributed by atoms with Gasteiger partial charge < -0.3 is 0 Å². The first kappa shape index (κ1) is 14.9. The zero-order valence-corrected chi connectivity index (χ0v) is 17.7. The summed E-state index contributed by atoms with van der Waals surface area (Å²) in [5.74, 6) is 0. The van der Waals surface area contributed by atoms with Crippen LogP contribution in [0.5, 0.6) is 0 Å². The average Bonchev–Trinajstić information content (AvgIpc) is 3.31. The molecule has 0 aliphatic heterocycles. The molecule has 0 radical (unpaired) electrons. The van der Waals surface area contributed by atoms with Gasteiger partial charge in [0, 0.05) is 0 Å². The molecular formula is C21H10Br2S2. The van der Waals surface area contributed by atoms with Gasteiger partial charge in [0.05, 0.1) is 22.7 Å². The van der Waals surface area contributed by atoms with Crippen LogP contribution in [0.2, 0.25) is 0 Å². The van der Waals surface area contributed by atoms with Crippen molar-refractivity contribution in [2.24, 2.45) is 0 Å². The predicted octanol–water partition coefficient (Wildman–Crippen LogP) is 7.68. The molecule has 1 spiro atoms. The minimum absolute atomic E-state index is 0.178. The van der Waals surface area contributed by atoms with E-state index in [9.17, 15) is 0 Å². The molecule has 2 aliphatic carbocycles. The molecule has 25 heavy (non-hydrogen) atoms. The molecule has 6 rings (SSSR count). The van der Waals surface area contributed by atoms with Crippen LogP contribution in [0.4, 0.5) is 0 Å². The summed E-state index contributed by atoms with van der Waals surface area (Å²) in [4.78, 5) is 2.81. The Morgan fingerprint density at radius 2 is 1.04 bits per heavy atom. The minimum atomic E-state index is -0.178. The molecule has 2 heterocycles. The highest BCUT2D eigenvalue weighted by atomic mass is 79.9. The van der Waals surface area contributed by atoms with Crippen molar-refractivity contribution in [2.75, 3.05) is 0 Å². The zero-order valence-electron chi connectivity index (χ0n) is 12.8. The normalized spacial score (nSPS) is 15.1. The van der Waals surface area contributed by atoms with Crippen LogP contribution in [0, 0.1) is 0 Å². The topological polar surface area (TPSA) is 0 Å². The summed E-state index contributed by atoms with van der Waals surface area (Å²) in [6.07, 6.45) is 0. The van der Waals surface area contributed by atoms with Gasteiger partial charge in [0.1, 0.15) is 0 Å². The largest absolute Gasteiger partial charge is 0.127 e. The van der Waals surface area contributed by atoms with Gasteiger partial charge in [-0.25, -0.2) is 0 Å². The zero-order chi connectivity index (χ0) is 16.8. The summed E-state index contributed by atoms with van der Waals surface area (Å²) in [6, 6.07) is 22.5. The van der Waals surface area contributed by atoms with E-state index in [-0.39, 0.29) is 5.41 Å². The Morgan fingerprint density at radius 3 is 1.52 bits per heavy atom. The first-order chi connectivity index (χ1) is 12.2. The lowest BCUT2D eigenvalue weighted by molar-refractivity contribution is 0.797. The van der Waals surface area contributed by atoms with E-state index >= 15 is 0 Å². The van der Waals surface area contributed by atoms with Crippen molar-refractivity contribution in [1.82, 2.24) is 0 Å². The van der Waals surface area contributed by atoms with Crippen molar-refractivity contribution < 1.29 is 0 Å². The number of thiophene rings is 2. The van der Waals surface area contributed by atoms with Gasteiger partial charge in [-0.1, -0.05) is 48.5 Å². The summed E-state index contributed by atoms with van der Waals surface area (Å²) < 4.78 is 2.41. The van der Waals surface area contributed by atoms with Gasteiger partial charge in [-0.15, -0.1) is 22.7 Å². The molecule has 0 atom stereocenters. The first-order valence-electron chi connectivity index (χ1n) is 8.00. The van der Waals surface area contributed by atoms with Crippen molar-refractivity contribution in [3.05, 3.63) is 90.5 Å². The van der Waals surface area contributed by atoms with Gasteiger partial charge in [-0.3, -0.25) is 0 Å². The fraction of sp³-hybridized carbons (Fsp3) is 0.0476. The maximum atomic E-state index is 3.74. The molecule has 4 heteroatoms. The van der Waals surface area contributed by atoms with Gasteiger partial charge in [0.2, 0.25) is 0 Å². The van der Waals surface area contributed by atoms with E-state index in [4.69, 9.17) is 0 Å². The van der Waals surface area contributed by atoms with Gasteiger partial charge in [-0.05, 0) is 77.4 Å². The van der Waals surface area contributed by atoms with Crippen LogP contribution < -0.4 is 0 Å². The minimum Gasteiger partial charge on any atom is -0.127 e. The fourth-order valence-electron chi connectivity index (χ4n) is 4.58. The molecule has 2 aromatic carbocycles.